The van der Waals surface area contributed by atoms with Gasteiger partial charge in [0.05, 0.1) is 5.60 Å². The Labute approximate surface area is 105 Å². The minimum absolute atomic E-state index is 0.0831. The van der Waals surface area contributed by atoms with Crippen molar-refractivity contribution in [2.75, 3.05) is 32.5 Å². The van der Waals surface area contributed by atoms with Gasteiger partial charge in [0.25, 0.3) is 0 Å². The van der Waals surface area contributed by atoms with E-state index in [1.54, 1.807) is 0 Å². The first-order valence-corrected chi connectivity index (χ1v) is 7.13. The van der Waals surface area contributed by atoms with Crippen LogP contribution in [0, 0.1) is 5.41 Å². The highest BCUT2D eigenvalue weighted by Crippen LogP contribution is 2.43. The Morgan fingerprint density at radius 3 is 2.50 bits per heavy atom. The molecule has 0 spiro atoms. The number of piperidine rings is 1. The van der Waals surface area contributed by atoms with E-state index in [0.29, 0.717) is 5.41 Å². The zero-order chi connectivity index (χ0) is 11.6. The van der Waals surface area contributed by atoms with E-state index >= 15 is 0 Å². The zero-order valence-corrected chi connectivity index (χ0v) is 11.6. The van der Waals surface area contributed by atoms with Crippen molar-refractivity contribution in [2.24, 2.45) is 5.41 Å². The summed E-state index contributed by atoms with van der Waals surface area (Å²) in [5, 5.41) is 0. The highest BCUT2D eigenvalue weighted by Gasteiger charge is 2.40. The maximum atomic E-state index is 5.65. The largest absolute Gasteiger partial charge is 0.377 e. The fourth-order valence-electron chi connectivity index (χ4n) is 3.13. The summed E-state index contributed by atoms with van der Waals surface area (Å²) in [5.41, 5.74) is 0.606. The first-order chi connectivity index (χ1) is 7.61. The van der Waals surface area contributed by atoms with Crippen molar-refractivity contribution in [3.8, 4) is 0 Å². The van der Waals surface area contributed by atoms with Gasteiger partial charge in [-0.2, -0.15) is 12.6 Å². The van der Waals surface area contributed by atoms with Gasteiger partial charge < -0.3 is 4.74 Å². The van der Waals surface area contributed by atoms with Gasteiger partial charge in [0.2, 0.25) is 0 Å². The van der Waals surface area contributed by atoms with Gasteiger partial charge in [0, 0.05) is 20.2 Å². The Kier molecular flexibility index (Phi) is 3.87. The molecule has 2 rings (SSSR count). The van der Waals surface area contributed by atoms with Crippen molar-refractivity contribution in [3.05, 3.63) is 0 Å². The molecule has 1 saturated heterocycles. The predicted molar refractivity (Wildman–Crippen MR) is 71.2 cm³/mol. The molecule has 1 unspecified atom stereocenters. The van der Waals surface area contributed by atoms with E-state index in [4.69, 9.17) is 4.74 Å². The van der Waals surface area contributed by atoms with Crippen molar-refractivity contribution in [3.63, 3.8) is 0 Å². The second-order valence-electron chi connectivity index (χ2n) is 5.98. The van der Waals surface area contributed by atoms with E-state index in [0.717, 1.165) is 12.3 Å². The highest BCUT2D eigenvalue weighted by atomic mass is 32.1. The normalized spacial score (nSPS) is 34.7. The molecule has 0 aromatic carbocycles. The molecule has 2 nitrogen and oxygen atoms in total. The van der Waals surface area contributed by atoms with Gasteiger partial charge >= 0.3 is 0 Å². The number of thiol groups is 1. The van der Waals surface area contributed by atoms with Crippen LogP contribution >= 0.6 is 12.6 Å². The van der Waals surface area contributed by atoms with Gasteiger partial charge in [-0.3, -0.25) is 4.90 Å². The molecule has 94 valence electrons. The van der Waals surface area contributed by atoms with E-state index in [1.165, 1.54) is 45.2 Å². The van der Waals surface area contributed by atoms with Gasteiger partial charge in [0.15, 0.2) is 0 Å². The van der Waals surface area contributed by atoms with Gasteiger partial charge in [-0.15, -0.1) is 0 Å². The van der Waals surface area contributed by atoms with Crippen molar-refractivity contribution in [1.82, 2.24) is 4.90 Å². The third-order valence-corrected chi connectivity index (χ3v) is 5.21. The van der Waals surface area contributed by atoms with Crippen molar-refractivity contribution < 1.29 is 4.74 Å². The molecule has 0 radical (unpaired) electrons. The highest BCUT2D eigenvalue weighted by molar-refractivity contribution is 7.80. The van der Waals surface area contributed by atoms with Crippen LogP contribution in [0.4, 0.5) is 0 Å². The molecular formula is C13H25NOS. The lowest BCUT2D eigenvalue weighted by molar-refractivity contribution is -0.0636. The molecule has 1 atom stereocenters. The number of hydrogen-bond donors (Lipinski definition) is 1. The molecule has 2 fully saturated rings. The maximum Gasteiger partial charge on any atom is 0.0777 e. The molecule has 0 amide bonds. The van der Waals surface area contributed by atoms with Crippen LogP contribution in [0.3, 0.4) is 0 Å². The van der Waals surface area contributed by atoms with Crippen molar-refractivity contribution >= 4 is 12.6 Å². The molecule has 16 heavy (non-hydrogen) atoms. The van der Waals surface area contributed by atoms with E-state index in [-0.39, 0.29) is 5.60 Å². The minimum Gasteiger partial charge on any atom is -0.377 e. The van der Waals surface area contributed by atoms with Gasteiger partial charge in [0.1, 0.15) is 0 Å². The topological polar surface area (TPSA) is 12.5 Å². The molecule has 1 aliphatic carbocycles. The number of rotatable bonds is 4. The third kappa shape index (κ3) is 2.57. The second-order valence-corrected chi connectivity index (χ2v) is 6.30. The first kappa shape index (κ1) is 12.7. The molecule has 3 heteroatoms. The van der Waals surface area contributed by atoms with E-state index in [2.05, 4.69) is 24.5 Å². The lowest BCUT2D eigenvalue weighted by Gasteiger charge is -2.48. The van der Waals surface area contributed by atoms with Crippen LogP contribution in [0.2, 0.25) is 0 Å². The monoisotopic (exact) mass is 243 g/mol. The van der Waals surface area contributed by atoms with Gasteiger partial charge in [-0.25, -0.2) is 0 Å². The fourth-order valence-corrected chi connectivity index (χ4v) is 3.54. The van der Waals surface area contributed by atoms with Crippen molar-refractivity contribution in [2.45, 2.75) is 44.6 Å². The van der Waals surface area contributed by atoms with E-state index in [9.17, 15) is 0 Å². The Morgan fingerprint density at radius 2 is 2.00 bits per heavy atom. The third-order valence-electron chi connectivity index (χ3n) is 4.54. The first-order valence-electron chi connectivity index (χ1n) is 6.50. The zero-order valence-electron chi connectivity index (χ0n) is 10.7. The Balaban J connectivity index is 1.90. The molecule has 0 bridgehead atoms. The SMILES string of the molecule is COC1(C)CCCN(CC2(CS)CCC2)C1. The van der Waals surface area contributed by atoms with Crippen LogP contribution in [0.15, 0.2) is 0 Å². The van der Waals surface area contributed by atoms with Crippen LogP contribution in [0.5, 0.6) is 0 Å². The summed E-state index contributed by atoms with van der Waals surface area (Å²) in [6, 6.07) is 0. The minimum atomic E-state index is 0.0831. The smallest absolute Gasteiger partial charge is 0.0777 e. The molecule has 1 aliphatic heterocycles. The average molecular weight is 243 g/mol. The molecule has 1 saturated carbocycles. The van der Waals surface area contributed by atoms with Crippen LogP contribution in [0.1, 0.15) is 39.0 Å². The van der Waals surface area contributed by atoms with Gasteiger partial charge in [-0.1, -0.05) is 6.42 Å². The number of ether oxygens (including phenoxy) is 1. The lowest BCUT2D eigenvalue weighted by atomic mass is 9.69. The number of hydrogen-bond acceptors (Lipinski definition) is 3. The van der Waals surface area contributed by atoms with Crippen LogP contribution in [0.25, 0.3) is 0 Å². The summed E-state index contributed by atoms with van der Waals surface area (Å²) >= 11 is 4.54. The van der Waals surface area contributed by atoms with Crippen LogP contribution in [-0.4, -0.2) is 43.0 Å². The van der Waals surface area contributed by atoms with Crippen LogP contribution < -0.4 is 0 Å². The fraction of sp³-hybridized carbons (Fsp3) is 1.00. The Hall–Kier alpha value is 0.270. The molecule has 0 aromatic rings. The lowest BCUT2D eigenvalue weighted by Crippen LogP contribution is -2.52. The molecule has 1 heterocycles. The summed E-state index contributed by atoms with van der Waals surface area (Å²) in [5.74, 6) is 1.05. The molecule has 2 aliphatic rings. The summed E-state index contributed by atoms with van der Waals surface area (Å²) < 4.78 is 5.65. The predicted octanol–water partition coefficient (Wildman–Crippen LogP) is 2.59. The quantitative estimate of drug-likeness (QED) is 0.762. The molecule has 0 aromatic heterocycles. The number of likely N-dealkylation sites (tertiary alicyclic amines) is 1. The number of nitrogens with zero attached hydrogens (tertiary/aromatic N) is 1. The van der Waals surface area contributed by atoms with E-state index < -0.39 is 0 Å². The van der Waals surface area contributed by atoms with Crippen LogP contribution in [-0.2, 0) is 4.74 Å². The average Bonchev–Trinajstić information content (AvgIpc) is 2.24. The number of methoxy groups -OCH3 is 1. The Bertz CT molecular complexity index is 237. The van der Waals surface area contributed by atoms with E-state index in [1.807, 2.05) is 7.11 Å². The molecule has 0 N–H and O–H groups in total. The van der Waals surface area contributed by atoms with Crippen molar-refractivity contribution in [1.29, 1.82) is 0 Å². The molecular weight excluding hydrogens is 218 g/mol. The summed E-state index contributed by atoms with van der Waals surface area (Å²) in [6.07, 6.45) is 6.62. The summed E-state index contributed by atoms with van der Waals surface area (Å²) in [4.78, 5) is 2.60. The maximum absolute atomic E-state index is 5.65. The van der Waals surface area contributed by atoms with Gasteiger partial charge in [-0.05, 0) is 50.3 Å². The Morgan fingerprint density at radius 1 is 1.25 bits per heavy atom. The second kappa shape index (κ2) is 4.87. The standard InChI is InChI=1S/C13H25NOS/c1-12(15-2)5-4-8-14(9-12)10-13(11-16)6-3-7-13/h16H,3-11H2,1-2H3. The summed E-state index contributed by atoms with van der Waals surface area (Å²) in [7, 11) is 1.85. The summed E-state index contributed by atoms with van der Waals surface area (Å²) in [6.45, 7) is 5.82.